The van der Waals surface area contributed by atoms with Gasteiger partial charge in [-0.25, -0.2) is 10.7 Å². The second-order valence-corrected chi connectivity index (χ2v) is 5.42. The van der Waals surface area contributed by atoms with Gasteiger partial charge in [-0.1, -0.05) is 0 Å². The van der Waals surface area contributed by atoms with Crippen LogP contribution in [0.15, 0.2) is 0 Å². The Morgan fingerprint density at radius 2 is 1.56 bits per heavy atom. The molecule has 0 fully saturated rings. The highest BCUT2D eigenvalue weighted by Gasteiger charge is 2.23. The van der Waals surface area contributed by atoms with Crippen molar-refractivity contribution in [3.05, 3.63) is 0 Å². The van der Waals surface area contributed by atoms with E-state index in [9.17, 15) is 4.79 Å². The molecule has 0 aliphatic heterocycles. The highest BCUT2D eigenvalue weighted by molar-refractivity contribution is 5.68. The summed E-state index contributed by atoms with van der Waals surface area (Å²) in [6.45, 7) is 8.23. The van der Waals surface area contributed by atoms with Crippen molar-refractivity contribution in [2.75, 3.05) is 19.8 Å². The summed E-state index contributed by atoms with van der Waals surface area (Å²) in [6, 6.07) is 0. The molecule has 0 heterocycles. The van der Waals surface area contributed by atoms with E-state index in [4.69, 9.17) is 20.5 Å². The summed E-state index contributed by atoms with van der Waals surface area (Å²) in [4.78, 5) is 14.9. The van der Waals surface area contributed by atoms with Crippen LogP contribution < -0.4 is 5.90 Å². The molecule has 0 radical (unpaired) electrons. The van der Waals surface area contributed by atoms with Gasteiger partial charge in [0.05, 0.1) is 24.4 Å². The van der Waals surface area contributed by atoms with Crippen LogP contribution in [0.5, 0.6) is 0 Å². The quantitative estimate of drug-likeness (QED) is 0.578. The molecule has 0 saturated heterocycles. The summed E-state index contributed by atoms with van der Waals surface area (Å²) in [6.07, 6.45) is 1.31. The lowest BCUT2D eigenvalue weighted by molar-refractivity contribution is -0.150. The van der Waals surface area contributed by atoms with E-state index in [2.05, 4.69) is 4.84 Å². The predicted octanol–water partition coefficient (Wildman–Crippen LogP) is 1.33. The second kappa shape index (κ2) is 7.68. The van der Waals surface area contributed by atoms with Crippen LogP contribution in [0.2, 0.25) is 0 Å². The minimum absolute atomic E-state index is 0.294. The lowest BCUT2D eigenvalue weighted by atomic mass is 10.0. The molecule has 0 saturated carbocycles. The first-order chi connectivity index (χ1) is 8.18. The molecule has 0 aromatic carbocycles. The van der Waals surface area contributed by atoms with Gasteiger partial charge in [0.25, 0.3) is 0 Å². The smallest absolute Gasteiger partial charge is 0.329 e. The maximum absolute atomic E-state index is 10.4. The maximum atomic E-state index is 10.4. The molecule has 3 N–H and O–H groups in total. The average molecular weight is 263 g/mol. The number of aliphatic carboxylic acids is 1. The molecule has 0 spiro atoms. The van der Waals surface area contributed by atoms with Crippen LogP contribution in [0.3, 0.4) is 0 Å². The molecule has 0 rings (SSSR count). The zero-order valence-electron chi connectivity index (χ0n) is 11.7. The third-order valence-corrected chi connectivity index (χ3v) is 2.61. The molecule has 0 amide bonds. The van der Waals surface area contributed by atoms with Gasteiger partial charge in [0.15, 0.2) is 0 Å². The Hall–Kier alpha value is -0.690. The molecule has 6 heteroatoms. The Labute approximate surface area is 108 Å². The molecule has 0 atom stereocenters. The van der Waals surface area contributed by atoms with E-state index >= 15 is 0 Å². The standard InChI is InChI=1S/C12H25NO5/c1-11(2,6-8-18-13)16-7-5-12(3,4)17-9-10(14)15/h5-9,13H2,1-4H3,(H,14,15). The minimum Gasteiger partial charge on any atom is -0.480 e. The molecular weight excluding hydrogens is 238 g/mol. The van der Waals surface area contributed by atoms with Crippen molar-refractivity contribution >= 4 is 5.97 Å². The second-order valence-electron chi connectivity index (χ2n) is 5.42. The van der Waals surface area contributed by atoms with Crippen LogP contribution in [0.25, 0.3) is 0 Å². The first-order valence-corrected chi connectivity index (χ1v) is 6.00. The molecule has 0 aromatic rings. The van der Waals surface area contributed by atoms with Crippen LogP contribution in [0, 0.1) is 0 Å². The summed E-state index contributed by atoms with van der Waals surface area (Å²) in [5.74, 6) is 4.00. The van der Waals surface area contributed by atoms with Crippen LogP contribution >= 0.6 is 0 Å². The number of hydrogen-bond acceptors (Lipinski definition) is 5. The third kappa shape index (κ3) is 9.35. The van der Waals surface area contributed by atoms with E-state index in [0.717, 1.165) is 0 Å². The lowest BCUT2D eigenvalue weighted by Crippen LogP contribution is -2.33. The SMILES string of the molecule is CC(C)(CCON)OCCC(C)(C)OCC(=O)O. The normalized spacial score (nSPS) is 12.7. The van der Waals surface area contributed by atoms with Gasteiger partial charge in [0.1, 0.15) is 6.61 Å². The van der Waals surface area contributed by atoms with E-state index in [0.29, 0.717) is 26.1 Å². The number of carboxylic acid groups (broad SMARTS) is 1. The average Bonchev–Trinajstić information content (AvgIpc) is 2.23. The molecule has 6 nitrogen and oxygen atoms in total. The van der Waals surface area contributed by atoms with Gasteiger partial charge >= 0.3 is 5.97 Å². The fourth-order valence-corrected chi connectivity index (χ4v) is 1.28. The Kier molecular flexibility index (Phi) is 7.39. The van der Waals surface area contributed by atoms with E-state index < -0.39 is 11.6 Å². The summed E-state index contributed by atoms with van der Waals surface area (Å²) in [7, 11) is 0. The maximum Gasteiger partial charge on any atom is 0.329 e. The largest absolute Gasteiger partial charge is 0.480 e. The van der Waals surface area contributed by atoms with Gasteiger partial charge in [-0.05, 0) is 34.1 Å². The van der Waals surface area contributed by atoms with E-state index in [1.165, 1.54) is 0 Å². The fraction of sp³-hybridized carbons (Fsp3) is 0.917. The molecule has 18 heavy (non-hydrogen) atoms. The predicted molar refractivity (Wildman–Crippen MR) is 67.1 cm³/mol. The van der Waals surface area contributed by atoms with Crippen molar-refractivity contribution in [2.45, 2.75) is 51.7 Å². The first kappa shape index (κ1) is 17.3. The van der Waals surface area contributed by atoms with Crippen molar-refractivity contribution < 1.29 is 24.2 Å². The van der Waals surface area contributed by atoms with Gasteiger partial charge in [0.2, 0.25) is 0 Å². The summed E-state index contributed by atoms with van der Waals surface area (Å²) < 4.78 is 11.0. The van der Waals surface area contributed by atoms with Crippen molar-refractivity contribution in [3.63, 3.8) is 0 Å². The number of hydrogen-bond donors (Lipinski definition) is 2. The summed E-state index contributed by atoms with van der Waals surface area (Å²) in [5.41, 5.74) is -0.832. The van der Waals surface area contributed by atoms with Crippen molar-refractivity contribution in [2.24, 2.45) is 5.90 Å². The molecule has 0 unspecified atom stereocenters. The van der Waals surface area contributed by atoms with Crippen LogP contribution in [0.4, 0.5) is 0 Å². The third-order valence-electron chi connectivity index (χ3n) is 2.61. The highest BCUT2D eigenvalue weighted by Crippen LogP contribution is 2.19. The molecule has 0 aliphatic rings. The fourth-order valence-electron chi connectivity index (χ4n) is 1.28. The minimum atomic E-state index is -0.968. The van der Waals surface area contributed by atoms with Gasteiger partial charge in [-0.3, -0.25) is 0 Å². The molecule has 108 valence electrons. The van der Waals surface area contributed by atoms with Gasteiger partial charge in [0, 0.05) is 6.42 Å². The Morgan fingerprint density at radius 1 is 1.06 bits per heavy atom. The number of carboxylic acids is 1. The van der Waals surface area contributed by atoms with E-state index in [-0.39, 0.29) is 12.2 Å². The van der Waals surface area contributed by atoms with Gasteiger partial charge in [-0.15, -0.1) is 0 Å². The van der Waals surface area contributed by atoms with Crippen molar-refractivity contribution in [1.82, 2.24) is 0 Å². The zero-order valence-corrected chi connectivity index (χ0v) is 11.7. The number of rotatable bonds is 10. The van der Waals surface area contributed by atoms with Crippen LogP contribution in [-0.2, 0) is 19.1 Å². The number of ether oxygens (including phenoxy) is 2. The Morgan fingerprint density at radius 3 is 2.06 bits per heavy atom. The summed E-state index contributed by atoms with van der Waals surface area (Å²) in [5, 5.41) is 8.55. The number of carbonyl (C=O) groups is 1. The van der Waals surface area contributed by atoms with Crippen LogP contribution in [0.1, 0.15) is 40.5 Å². The van der Waals surface area contributed by atoms with E-state index in [1.807, 2.05) is 27.7 Å². The van der Waals surface area contributed by atoms with Crippen LogP contribution in [-0.4, -0.2) is 42.1 Å². The zero-order chi connectivity index (χ0) is 14.2. The Bertz CT molecular complexity index is 253. The lowest BCUT2D eigenvalue weighted by Gasteiger charge is -2.29. The molecule has 0 aromatic heterocycles. The molecule has 0 aliphatic carbocycles. The van der Waals surface area contributed by atoms with Crippen molar-refractivity contribution in [1.29, 1.82) is 0 Å². The van der Waals surface area contributed by atoms with E-state index in [1.54, 1.807) is 0 Å². The first-order valence-electron chi connectivity index (χ1n) is 6.00. The summed E-state index contributed by atoms with van der Waals surface area (Å²) >= 11 is 0. The molecular formula is C12H25NO5. The van der Waals surface area contributed by atoms with Gasteiger partial charge in [-0.2, -0.15) is 0 Å². The number of nitrogens with two attached hydrogens (primary N) is 1. The van der Waals surface area contributed by atoms with Gasteiger partial charge < -0.3 is 19.4 Å². The highest BCUT2D eigenvalue weighted by atomic mass is 16.6. The van der Waals surface area contributed by atoms with Crippen molar-refractivity contribution in [3.8, 4) is 0 Å². The Balaban J connectivity index is 3.90. The topological polar surface area (TPSA) is 91.0 Å². The monoisotopic (exact) mass is 263 g/mol. The molecule has 0 bridgehead atoms.